The third-order valence-corrected chi connectivity index (χ3v) is 8.92. The van der Waals surface area contributed by atoms with Gasteiger partial charge in [0.05, 0.1) is 6.54 Å². The van der Waals surface area contributed by atoms with Gasteiger partial charge in [0.1, 0.15) is 11.8 Å². The molecule has 2 unspecified atom stereocenters. The highest BCUT2D eigenvalue weighted by atomic mass is 16.2. The normalized spacial score (nSPS) is 18.4. The number of benzene rings is 1. The third kappa shape index (κ3) is 10.2. The maximum Gasteiger partial charge on any atom is 0.253 e. The lowest BCUT2D eigenvalue weighted by atomic mass is 10.00. The van der Waals surface area contributed by atoms with Gasteiger partial charge >= 0.3 is 0 Å². The summed E-state index contributed by atoms with van der Waals surface area (Å²) in [6.45, 7) is 8.66. The molecule has 0 radical (unpaired) electrons. The average molecular weight is 611 g/mol. The van der Waals surface area contributed by atoms with E-state index in [1.54, 1.807) is 39.0 Å². The van der Waals surface area contributed by atoms with Crippen LogP contribution in [-0.4, -0.2) is 89.4 Å². The Labute approximate surface area is 264 Å². The fourth-order valence-electron chi connectivity index (χ4n) is 6.17. The van der Waals surface area contributed by atoms with E-state index >= 15 is 0 Å². The first kappa shape index (κ1) is 35.3. The Kier molecular flexibility index (Phi) is 14.9. The van der Waals surface area contributed by atoms with Gasteiger partial charge in [0, 0.05) is 62.6 Å². The van der Waals surface area contributed by atoms with Crippen LogP contribution in [0, 0.1) is 5.92 Å². The number of hydrogen-bond acceptors (Lipinski definition) is 5. The van der Waals surface area contributed by atoms with Gasteiger partial charge in [-0.1, -0.05) is 65.7 Å². The van der Waals surface area contributed by atoms with E-state index in [4.69, 9.17) is 0 Å². The van der Waals surface area contributed by atoms with Gasteiger partial charge in [-0.05, 0) is 49.9 Å². The van der Waals surface area contributed by atoms with Gasteiger partial charge in [0.15, 0.2) is 0 Å². The Balaban J connectivity index is 1.62. The van der Waals surface area contributed by atoms with Crippen LogP contribution in [0.3, 0.4) is 0 Å². The zero-order valence-corrected chi connectivity index (χ0v) is 27.3. The van der Waals surface area contributed by atoms with E-state index in [0.717, 1.165) is 64.2 Å². The van der Waals surface area contributed by atoms with E-state index in [-0.39, 0.29) is 41.9 Å². The van der Waals surface area contributed by atoms with Gasteiger partial charge < -0.3 is 20.0 Å². The standard InChI is InChI=1S/C35H54N4O5/c1-4-7-9-11-12-15-32(41)39-24-23-38(26-30(39)33(42)36-21-13-10-8-5-2)35(44)28-18-16-27(17-19-28)34(43)37-22-20-29(25-37)31(40)14-6-3/h16-19,29-30H,4-15,20-26H2,1-3H3,(H,36,42). The number of nitrogens with zero attached hydrogens (tertiary/aromatic N) is 3. The fraction of sp³-hybridized carbons (Fsp3) is 0.686. The highest BCUT2D eigenvalue weighted by Crippen LogP contribution is 2.22. The molecule has 3 rings (SSSR count). The van der Waals surface area contributed by atoms with Crippen molar-refractivity contribution in [2.75, 3.05) is 39.3 Å². The number of unbranched alkanes of at least 4 members (excludes halogenated alkanes) is 7. The zero-order valence-electron chi connectivity index (χ0n) is 27.3. The molecule has 2 atom stereocenters. The number of hydrogen-bond donors (Lipinski definition) is 1. The summed E-state index contributed by atoms with van der Waals surface area (Å²) in [7, 11) is 0. The van der Waals surface area contributed by atoms with Crippen molar-refractivity contribution in [3.05, 3.63) is 35.4 Å². The number of nitrogens with one attached hydrogen (secondary N) is 1. The van der Waals surface area contributed by atoms with Crippen molar-refractivity contribution in [1.82, 2.24) is 20.0 Å². The van der Waals surface area contributed by atoms with Gasteiger partial charge in [0.25, 0.3) is 11.8 Å². The molecule has 0 saturated carbocycles. The Morgan fingerprint density at radius 2 is 1.27 bits per heavy atom. The van der Waals surface area contributed by atoms with E-state index in [1.807, 2.05) is 6.92 Å². The molecule has 1 N–H and O–H groups in total. The lowest BCUT2D eigenvalue weighted by Crippen LogP contribution is -2.61. The Morgan fingerprint density at radius 1 is 0.682 bits per heavy atom. The van der Waals surface area contributed by atoms with Crippen LogP contribution in [-0.2, 0) is 14.4 Å². The largest absolute Gasteiger partial charge is 0.354 e. The van der Waals surface area contributed by atoms with Crippen LogP contribution in [0.15, 0.2) is 24.3 Å². The minimum absolute atomic E-state index is 0.0249. The molecule has 9 heteroatoms. The van der Waals surface area contributed by atoms with Crippen molar-refractivity contribution in [3.63, 3.8) is 0 Å². The van der Waals surface area contributed by atoms with Crippen LogP contribution in [0.2, 0.25) is 0 Å². The molecule has 4 amide bonds. The predicted octanol–water partition coefficient (Wildman–Crippen LogP) is 5.23. The van der Waals surface area contributed by atoms with Gasteiger partial charge in [-0.3, -0.25) is 24.0 Å². The third-order valence-electron chi connectivity index (χ3n) is 8.92. The van der Waals surface area contributed by atoms with Gasteiger partial charge in [-0.25, -0.2) is 0 Å². The maximum atomic E-state index is 13.5. The van der Waals surface area contributed by atoms with Gasteiger partial charge in [-0.2, -0.15) is 0 Å². The number of carbonyl (C=O) groups excluding carboxylic acids is 5. The monoisotopic (exact) mass is 610 g/mol. The molecule has 244 valence electrons. The summed E-state index contributed by atoms with van der Waals surface area (Å²) >= 11 is 0. The summed E-state index contributed by atoms with van der Waals surface area (Å²) in [5, 5.41) is 3.01. The second-order valence-electron chi connectivity index (χ2n) is 12.4. The highest BCUT2D eigenvalue weighted by molar-refractivity contribution is 5.99. The van der Waals surface area contributed by atoms with Gasteiger partial charge in [0.2, 0.25) is 11.8 Å². The minimum atomic E-state index is -0.721. The molecular weight excluding hydrogens is 556 g/mol. The second kappa shape index (κ2) is 18.5. The molecule has 2 heterocycles. The summed E-state index contributed by atoms with van der Waals surface area (Å²) in [5.74, 6) is -0.450. The van der Waals surface area contributed by atoms with Crippen LogP contribution in [0.1, 0.15) is 125 Å². The Bertz CT molecular complexity index is 1100. The number of amides is 4. The first-order chi connectivity index (χ1) is 21.3. The number of rotatable bonds is 17. The van der Waals surface area contributed by atoms with Gasteiger partial charge in [-0.15, -0.1) is 0 Å². The summed E-state index contributed by atoms with van der Waals surface area (Å²) in [6, 6.07) is 5.91. The van der Waals surface area contributed by atoms with Crippen molar-refractivity contribution >= 4 is 29.4 Å². The second-order valence-corrected chi connectivity index (χ2v) is 12.4. The quantitative estimate of drug-likeness (QED) is 0.243. The molecule has 2 fully saturated rings. The molecule has 1 aromatic rings. The molecule has 44 heavy (non-hydrogen) atoms. The Hall–Kier alpha value is -3.23. The Morgan fingerprint density at radius 3 is 1.89 bits per heavy atom. The number of ketones is 1. The number of likely N-dealkylation sites (tertiary alicyclic amines) is 1. The molecule has 2 saturated heterocycles. The number of carbonyl (C=O) groups is 5. The number of Topliss-reactive ketones (excluding diaryl/α,β-unsaturated/α-hetero) is 1. The van der Waals surface area contributed by atoms with Crippen LogP contribution in [0.25, 0.3) is 0 Å². The van der Waals surface area contributed by atoms with E-state index in [0.29, 0.717) is 63.1 Å². The number of piperazine rings is 1. The summed E-state index contributed by atoms with van der Waals surface area (Å²) < 4.78 is 0. The lowest BCUT2D eigenvalue weighted by molar-refractivity contribution is -0.143. The molecule has 2 aliphatic rings. The van der Waals surface area contributed by atoms with Crippen LogP contribution < -0.4 is 5.32 Å². The molecule has 0 aromatic heterocycles. The van der Waals surface area contributed by atoms with E-state index in [2.05, 4.69) is 19.2 Å². The topological polar surface area (TPSA) is 107 Å². The lowest BCUT2D eigenvalue weighted by Gasteiger charge is -2.40. The molecule has 1 aromatic carbocycles. The summed E-state index contributed by atoms with van der Waals surface area (Å²) in [5.41, 5.74) is 0.924. The molecule has 0 spiro atoms. The molecule has 9 nitrogen and oxygen atoms in total. The van der Waals surface area contributed by atoms with E-state index in [9.17, 15) is 24.0 Å². The molecular formula is C35H54N4O5. The fourth-order valence-corrected chi connectivity index (χ4v) is 6.17. The minimum Gasteiger partial charge on any atom is -0.354 e. The predicted molar refractivity (Wildman–Crippen MR) is 172 cm³/mol. The van der Waals surface area contributed by atoms with Crippen molar-refractivity contribution in [3.8, 4) is 0 Å². The zero-order chi connectivity index (χ0) is 31.9. The first-order valence-electron chi connectivity index (χ1n) is 17.1. The van der Waals surface area contributed by atoms with Crippen LogP contribution >= 0.6 is 0 Å². The smallest absolute Gasteiger partial charge is 0.253 e. The SMILES string of the molecule is CCCCCCCC(=O)N1CCN(C(=O)c2ccc(C(=O)N3CCC(C(=O)CCC)C3)cc2)CC1C(=O)NCCCCCC. The average Bonchev–Trinajstić information content (AvgIpc) is 3.54. The van der Waals surface area contributed by atoms with Crippen molar-refractivity contribution in [2.45, 2.75) is 110 Å². The molecule has 0 bridgehead atoms. The van der Waals surface area contributed by atoms with Crippen LogP contribution in [0.4, 0.5) is 0 Å². The van der Waals surface area contributed by atoms with Crippen LogP contribution in [0.5, 0.6) is 0 Å². The van der Waals surface area contributed by atoms with Crippen molar-refractivity contribution in [1.29, 1.82) is 0 Å². The maximum absolute atomic E-state index is 13.5. The molecule has 2 aliphatic heterocycles. The summed E-state index contributed by atoms with van der Waals surface area (Å²) in [4.78, 5) is 70.4. The highest BCUT2D eigenvalue weighted by Gasteiger charge is 2.37. The van der Waals surface area contributed by atoms with E-state index < -0.39 is 6.04 Å². The molecule has 0 aliphatic carbocycles. The summed E-state index contributed by atoms with van der Waals surface area (Å²) in [6.07, 6.45) is 11.8. The first-order valence-corrected chi connectivity index (χ1v) is 17.1. The van der Waals surface area contributed by atoms with Crippen molar-refractivity contribution in [2.24, 2.45) is 5.92 Å². The van der Waals surface area contributed by atoms with E-state index in [1.165, 1.54) is 0 Å². The van der Waals surface area contributed by atoms with Crippen molar-refractivity contribution < 1.29 is 24.0 Å².